The third-order valence-corrected chi connectivity index (χ3v) is 1.71. The van der Waals surface area contributed by atoms with Gasteiger partial charge in [0, 0.05) is 17.8 Å². The molecule has 70 valence electrons. The number of para-hydroxylation sites is 1. The van der Waals surface area contributed by atoms with E-state index in [1.165, 1.54) is 0 Å². The van der Waals surface area contributed by atoms with Crippen molar-refractivity contribution in [2.75, 3.05) is 18.5 Å². The number of benzene rings is 1. The summed E-state index contributed by atoms with van der Waals surface area (Å²) < 4.78 is 11.8. The van der Waals surface area contributed by atoms with Gasteiger partial charge in [-0.2, -0.15) is 0 Å². The van der Waals surface area contributed by atoms with E-state index in [1.54, 1.807) is 12.1 Å². The molecule has 0 aromatic heterocycles. The maximum Gasteiger partial charge on any atom is 0.152 e. The molecule has 0 aliphatic rings. The van der Waals surface area contributed by atoms with Gasteiger partial charge in [-0.1, -0.05) is 12.1 Å². The standard InChI is InChI=1S/C10H12FNO/c11-6-3-7-12-10-5-2-1-4-9(10)8-13/h1-2,4-5,8,12H,3,6-7H2. The summed E-state index contributed by atoms with van der Waals surface area (Å²) in [4.78, 5) is 10.5. The average molecular weight is 181 g/mol. The number of rotatable bonds is 5. The molecule has 0 spiro atoms. The van der Waals surface area contributed by atoms with Crippen LogP contribution >= 0.6 is 0 Å². The lowest BCUT2D eigenvalue weighted by Gasteiger charge is -2.06. The van der Waals surface area contributed by atoms with Gasteiger partial charge in [-0.25, -0.2) is 0 Å². The summed E-state index contributed by atoms with van der Waals surface area (Å²) >= 11 is 0. The summed E-state index contributed by atoms with van der Waals surface area (Å²) in [6.07, 6.45) is 1.25. The SMILES string of the molecule is O=Cc1ccccc1NCCCF. The van der Waals surface area contributed by atoms with Gasteiger partial charge < -0.3 is 5.32 Å². The molecule has 13 heavy (non-hydrogen) atoms. The highest BCUT2D eigenvalue weighted by atomic mass is 19.1. The van der Waals surface area contributed by atoms with Crippen molar-refractivity contribution in [1.29, 1.82) is 0 Å². The largest absolute Gasteiger partial charge is 0.384 e. The van der Waals surface area contributed by atoms with E-state index in [0.29, 0.717) is 18.5 Å². The van der Waals surface area contributed by atoms with Crippen LogP contribution in [-0.2, 0) is 0 Å². The van der Waals surface area contributed by atoms with E-state index < -0.39 is 0 Å². The molecule has 0 unspecified atom stereocenters. The summed E-state index contributed by atoms with van der Waals surface area (Å²) in [5, 5.41) is 2.99. The summed E-state index contributed by atoms with van der Waals surface area (Å²) in [7, 11) is 0. The molecule has 1 rings (SSSR count). The van der Waals surface area contributed by atoms with Gasteiger partial charge in [0.25, 0.3) is 0 Å². The first-order valence-corrected chi connectivity index (χ1v) is 4.22. The average Bonchev–Trinajstić information content (AvgIpc) is 2.19. The Hall–Kier alpha value is -1.38. The zero-order chi connectivity index (χ0) is 9.52. The highest BCUT2D eigenvalue weighted by Gasteiger charge is 1.97. The quantitative estimate of drug-likeness (QED) is 0.557. The minimum absolute atomic E-state index is 0.337. The van der Waals surface area contributed by atoms with E-state index in [-0.39, 0.29) is 6.67 Å². The van der Waals surface area contributed by atoms with Gasteiger partial charge in [-0.05, 0) is 18.6 Å². The molecular weight excluding hydrogens is 169 g/mol. The minimum Gasteiger partial charge on any atom is -0.384 e. The fourth-order valence-electron chi connectivity index (χ4n) is 1.05. The zero-order valence-electron chi connectivity index (χ0n) is 7.29. The van der Waals surface area contributed by atoms with Gasteiger partial charge in [-0.15, -0.1) is 0 Å². The summed E-state index contributed by atoms with van der Waals surface area (Å²) in [5.41, 5.74) is 1.38. The van der Waals surface area contributed by atoms with Crippen LogP contribution < -0.4 is 5.32 Å². The van der Waals surface area contributed by atoms with E-state index in [2.05, 4.69) is 5.32 Å². The number of carbonyl (C=O) groups is 1. The monoisotopic (exact) mass is 181 g/mol. The normalized spacial score (nSPS) is 9.62. The van der Waals surface area contributed by atoms with E-state index in [1.807, 2.05) is 12.1 Å². The molecule has 3 heteroatoms. The first-order valence-electron chi connectivity index (χ1n) is 4.22. The maximum atomic E-state index is 11.8. The molecule has 0 aliphatic carbocycles. The van der Waals surface area contributed by atoms with E-state index in [4.69, 9.17) is 0 Å². The van der Waals surface area contributed by atoms with Gasteiger partial charge >= 0.3 is 0 Å². The summed E-state index contributed by atoms with van der Waals surface area (Å²) in [6, 6.07) is 7.17. The Morgan fingerprint density at radius 1 is 1.38 bits per heavy atom. The number of anilines is 1. The second kappa shape index (κ2) is 5.30. The number of hydrogen-bond donors (Lipinski definition) is 1. The van der Waals surface area contributed by atoms with Crippen molar-refractivity contribution in [1.82, 2.24) is 0 Å². The van der Waals surface area contributed by atoms with Gasteiger partial charge in [-0.3, -0.25) is 9.18 Å². The zero-order valence-corrected chi connectivity index (χ0v) is 7.29. The maximum absolute atomic E-state index is 11.8. The van der Waals surface area contributed by atoms with Crippen LogP contribution in [-0.4, -0.2) is 19.5 Å². The third kappa shape index (κ3) is 2.86. The van der Waals surface area contributed by atoms with E-state index in [0.717, 1.165) is 12.0 Å². The van der Waals surface area contributed by atoms with E-state index >= 15 is 0 Å². The Balaban J connectivity index is 2.59. The third-order valence-electron chi connectivity index (χ3n) is 1.71. The first kappa shape index (κ1) is 9.71. The summed E-state index contributed by atoms with van der Waals surface area (Å²) in [5.74, 6) is 0. The number of nitrogens with one attached hydrogen (secondary N) is 1. The van der Waals surface area contributed by atoms with Crippen molar-refractivity contribution >= 4 is 12.0 Å². The van der Waals surface area contributed by atoms with Crippen LogP contribution in [0.3, 0.4) is 0 Å². The predicted octanol–water partition coefficient (Wildman–Crippen LogP) is 2.27. The van der Waals surface area contributed by atoms with Gasteiger partial charge in [0.05, 0.1) is 6.67 Å². The number of aldehydes is 1. The molecule has 1 aromatic rings. The van der Waals surface area contributed by atoms with Gasteiger partial charge in [0.15, 0.2) is 6.29 Å². The van der Waals surface area contributed by atoms with Crippen molar-refractivity contribution in [3.63, 3.8) is 0 Å². The number of carbonyl (C=O) groups excluding carboxylic acids is 1. The van der Waals surface area contributed by atoms with Crippen molar-refractivity contribution in [2.24, 2.45) is 0 Å². The molecule has 1 N–H and O–H groups in total. The lowest BCUT2D eigenvalue weighted by atomic mass is 10.2. The Morgan fingerprint density at radius 3 is 2.85 bits per heavy atom. The lowest BCUT2D eigenvalue weighted by molar-refractivity contribution is 0.112. The smallest absolute Gasteiger partial charge is 0.152 e. The Labute approximate surface area is 76.8 Å². The van der Waals surface area contributed by atoms with Crippen LogP contribution in [0.4, 0.5) is 10.1 Å². The molecular formula is C10H12FNO. The molecule has 0 radical (unpaired) electrons. The molecule has 2 nitrogen and oxygen atoms in total. The highest BCUT2D eigenvalue weighted by Crippen LogP contribution is 2.11. The van der Waals surface area contributed by atoms with Gasteiger partial charge in [0.2, 0.25) is 0 Å². The van der Waals surface area contributed by atoms with Crippen molar-refractivity contribution < 1.29 is 9.18 Å². The molecule has 0 heterocycles. The van der Waals surface area contributed by atoms with Crippen LogP contribution in [0.15, 0.2) is 24.3 Å². The molecule has 0 bridgehead atoms. The lowest BCUT2D eigenvalue weighted by Crippen LogP contribution is -2.04. The van der Waals surface area contributed by atoms with Crippen LogP contribution in [0.2, 0.25) is 0 Å². The second-order valence-corrected chi connectivity index (χ2v) is 2.67. The minimum atomic E-state index is -0.337. The highest BCUT2D eigenvalue weighted by molar-refractivity contribution is 5.83. The van der Waals surface area contributed by atoms with Crippen molar-refractivity contribution in [3.8, 4) is 0 Å². The Morgan fingerprint density at radius 2 is 2.15 bits per heavy atom. The molecule has 0 aliphatic heterocycles. The molecule has 0 saturated heterocycles. The number of hydrogen-bond acceptors (Lipinski definition) is 2. The molecule has 0 saturated carbocycles. The molecule has 0 atom stereocenters. The topological polar surface area (TPSA) is 29.1 Å². The van der Waals surface area contributed by atoms with E-state index in [9.17, 15) is 9.18 Å². The number of halogens is 1. The predicted molar refractivity (Wildman–Crippen MR) is 50.9 cm³/mol. The molecule has 1 aromatic carbocycles. The van der Waals surface area contributed by atoms with Crippen LogP contribution in [0.5, 0.6) is 0 Å². The number of alkyl halides is 1. The Bertz CT molecular complexity index is 275. The Kier molecular flexibility index (Phi) is 3.96. The van der Waals surface area contributed by atoms with Crippen molar-refractivity contribution in [3.05, 3.63) is 29.8 Å². The van der Waals surface area contributed by atoms with Crippen molar-refractivity contribution in [2.45, 2.75) is 6.42 Å². The fourth-order valence-corrected chi connectivity index (χ4v) is 1.05. The second-order valence-electron chi connectivity index (χ2n) is 2.67. The van der Waals surface area contributed by atoms with Crippen LogP contribution in [0.25, 0.3) is 0 Å². The van der Waals surface area contributed by atoms with Crippen LogP contribution in [0.1, 0.15) is 16.8 Å². The molecule has 0 fully saturated rings. The first-order chi connectivity index (χ1) is 6.38. The summed E-state index contributed by atoms with van der Waals surface area (Å²) in [6.45, 7) is 0.220. The van der Waals surface area contributed by atoms with Gasteiger partial charge in [0.1, 0.15) is 0 Å². The fraction of sp³-hybridized carbons (Fsp3) is 0.300. The molecule has 0 amide bonds. The van der Waals surface area contributed by atoms with Crippen LogP contribution in [0, 0.1) is 0 Å².